The summed E-state index contributed by atoms with van der Waals surface area (Å²) in [5.41, 5.74) is 1.96. The maximum absolute atomic E-state index is 13.2. The fourth-order valence-electron chi connectivity index (χ4n) is 3.16. The number of rotatable bonds is 5. The Morgan fingerprint density at radius 3 is 2.92 bits per heavy atom. The van der Waals surface area contributed by atoms with Crippen LogP contribution in [0.25, 0.3) is 0 Å². The summed E-state index contributed by atoms with van der Waals surface area (Å²) in [4.78, 5) is 13.7. The summed E-state index contributed by atoms with van der Waals surface area (Å²) in [6, 6.07) is 6.74. The highest BCUT2D eigenvalue weighted by Gasteiger charge is 2.28. The van der Waals surface area contributed by atoms with Crippen LogP contribution >= 0.6 is 11.6 Å². The monoisotopic (exact) mass is 348 g/mol. The van der Waals surface area contributed by atoms with Gasteiger partial charge >= 0.3 is 0 Å². The normalized spacial score (nSPS) is 18.5. The summed E-state index contributed by atoms with van der Waals surface area (Å²) >= 11 is 6.18. The maximum atomic E-state index is 13.2. The number of hydrogen-bond donors (Lipinski definition) is 0. The Bertz CT molecular complexity index is 707. The van der Waals surface area contributed by atoms with Crippen LogP contribution in [-0.4, -0.2) is 40.4 Å². The van der Waals surface area contributed by atoms with E-state index < -0.39 is 0 Å². The number of halogens is 2. The van der Waals surface area contributed by atoms with E-state index >= 15 is 0 Å². The van der Waals surface area contributed by atoms with Gasteiger partial charge in [0.15, 0.2) is 0 Å². The first-order chi connectivity index (χ1) is 11.5. The molecule has 2 heterocycles. The van der Waals surface area contributed by atoms with Crippen LogP contribution in [0.15, 0.2) is 30.5 Å². The van der Waals surface area contributed by atoms with Crippen molar-refractivity contribution in [3.8, 4) is 0 Å². The molecule has 1 aromatic heterocycles. The fourth-order valence-corrected chi connectivity index (χ4v) is 3.39. The van der Waals surface area contributed by atoms with E-state index in [1.165, 1.54) is 12.1 Å². The van der Waals surface area contributed by atoms with Crippen LogP contribution < -0.4 is 0 Å². The summed E-state index contributed by atoms with van der Waals surface area (Å²) in [5.74, 6) is 0.562. The van der Waals surface area contributed by atoms with E-state index in [1.807, 2.05) is 26.4 Å². The Balaban J connectivity index is 1.78. The largest absolute Gasteiger partial charge is 0.304 e. The van der Waals surface area contributed by atoms with Gasteiger partial charge in [0.2, 0.25) is 0 Å². The predicted octanol–water partition coefficient (Wildman–Crippen LogP) is 3.67. The number of hydrogen-bond acceptors (Lipinski definition) is 4. The molecule has 0 saturated carbocycles. The van der Waals surface area contributed by atoms with Gasteiger partial charge in [0, 0.05) is 24.3 Å². The third-order valence-electron chi connectivity index (χ3n) is 4.26. The van der Waals surface area contributed by atoms with Crippen LogP contribution in [0.5, 0.6) is 0 Å². The molecule has 6 heteroatoms. The molecular weight excluding hydrogens is 327 g/mol. The zero-order valence-corrected chi connectivity index (χ0v) is 14.8. The van der Waals surface area contributed by atoms with E-state index in [0.717, 1.165) is 43.0 Å². The summed E-state index contributed by atoms with van der Waals surface area (Å²) in [6.07, 6.45) is 3.97. The molecule has 0 amide bonds. The van der Waals surface area contributed by atoms with Crippen LogP contribution in [-0.2, 0) is 13.1 Å². The predicted molar refractivity (Wildman–Crippen MR) is 93.2 cm³/mol. The van der Waals surface area contributed by atoms with Crippen molar-refractivity contribution >= 4 is 11.6 Å². The zero-order chi connectivity index (χ0) is 17.1. The zero-order valence-electron chi connectivity index (χ0n) is 14.0. The average molecular weight is 349 g/mol. The Morgan fingerprint density at radius 1 is 1.33 bits per heavy atom. The second-order valence-electron chi connectivity index (χ2n) is 6.51. The Kier molecular flexibility index (Phi) is 5.43. The van der Waals surface area contributed by atoms with E-state index in [1.54, 1.807) is 6.07 Å². The van der Waals surface area contributed by atoms with Gasteiger partial charge in [-0.1, -0.05) is 17.7 Å². The molecule has 2 aromatic rings. The van der Waals surface area contributed by atoms with Crippen LogP contribution in [0.1, 0.15) is 36.0 Å². The molecule has 1 aromatic carbocycles. The molecule has 4 nitrogen and oxygen atoms in total. The minimum absolute atomic E-state index is 0.188. The van der Waals surface area contributed by atoms with Gasteiger partial charge in [-0.2, -0.15) is 0 Å². The smallest absolute Gasteiger partial charge is 0.145 e. The van der Waals surface area contributed by atoms with Crippen LogP contribution in [0.3, 0.4) is 0 Å². The Labute approximate surface area is 147 Å². The fraction of sp³-hybridized carbons (Fsp3) is 0.444. The third kappa shape index (κ3) is 4.09. The maximum Gasteiger partial charge on any atom is 0.145 e. The number of likely N-dealkylation sites (tertiary alicyclic amines) is 1. The lowest BCUT2D eigenvalue weighted by Gasteiger charge is -2.24. The van der Waals surface area contributed by atoms with Crippen LogP contribution in [0, 0.1) is 5.82 Å². The van der Waals surface area contributed by atoms with Gasteiger partial charge in [0.05, 0.1) is 11.7 Å². The molecule has 0 bridgehead atoms. The topological polar surface area (TPSA) is 32.3 Å². The van der Waals surface area contributed by atoms with E-state index in [-0.39, 0.29) is 11.9 Å². The molecule has 1 saturated heterocycles. The average Bonchev–Trinajstić information content (AvgIpc) is 2.98. The number of benzene rings is 1. The summed E-state index contributed by atoms with van der Waals surface area (Å²) in [6.45, 7) is 2.46. The van der Waals surface area contributed by atoms with Gasteiger partial charge in [-0.25, -0.2) is 14.4 Å². The van der Waals surface area contributed by atoms with Crippen molar-refractivity contribution in [1.82, 2.24) is 19.8 Å². The first-order valence-electron chi connectivity index (χ1n) is 8.17. The highest BCUT2D eigenvalue weighted by Crippen LogP contribution is 2.32. The minimum atomic E-state index is -0.304. The van der Waals surface area contributed by atoms with Gasteiger partial charge in [-0.15, -0.1) is 0 Å². The van der Waals surface area contributed by atoms with Crippen molar-refractivity contribution in [2.75, 3.05) is 20.6 Å². The highest BCUT2D eigenvalue weighted by molar-refractivity contribution is 6.31. The van der Waals surface area contributed by atoms with Gasteiger partial charge in [-0.05, 0) is 57.2 Å². The third-order valence-corrected chi connectivity index (χ3v) is 4.61. The molecule has 0 radical (unpaired) electrons. The van der Waals surface area contributed by atoms with Crippen molar-refractivity contribution in [2.45, 2.75) is 32.0 Å². The first-order valence-corrected chi connectivity index (χ1v) is 8.55. The van der Waals surface area contributed by atoms with Crippen molar-refractivity contribution < 1.29 is 4.39 Å². The summed E-state index contributed by atoms with van der Waals surface area (Å²) in [7, 11) is 4.06. The molecule has 1 fully saturated rings. The number of aromatic nitrogens is 2. The lowest BCUT2D eigenvalue weighted by Crippen LogP contribution is -2.25. The van der Waals surface area contributed by atoms with Gasteiger partial charge in [0.25, 0.3) is 0 Å². The second kappa shape index (κ2) is 7.55. The summed E-state index contributed by atoms with van der Waals surface area (Å²) < 4.78 is 13.2. The van der Waals surface area contributed by atoms with Crippen molar-refractivity contribution in [2.24, 2.45) is 0 Å². The van der Waals surface area contributed by atoms with Gasteiger partial charge in [0.1, 0.15) is 11.6 Å². The minimum Gasteiger partial charge on any atom is -0.304 e. The molecule has 24 heavy (non-hydrogen) atoms. The lowest BCUT2D eigenvalue weighted by molar-refractivity contribution is 0.239. The SMILES string of the molecule is CN(C)Cc1ccnc([C@H]2CCCN2Cc2ccc(F)cc2Cl)n1. The number of nitrogens with zero attached hydrogens (tertiary/aromatic N) is 4. The van der Waals surface area contributed by atoms with Crippen molar-refractivity contribution in [3.63, 3.8) is 0 Å². The quantitative estimate of drug-likeness (QED) is 0.825. The molecule has 1 atom stereocenters. The molecule has 128 valence electrons. The molecule has 1 aliphatic heterocycles. The van der Waals surface area contributed by atoms with Crippen LogP contribution in [0.2, 0.25) is 5.02 Å². The van der Waals surface area contributed by atoms with Gasteiger partial charge in [-0.3, -0.25) is 4.90 Å². The standard InChI is InChI=1S/C18H22ClFN4/c1-23(2)12-15-7-8-21-18(22-15)17-4-3-9-24(17)11-13-5-6-14(20)10-16(13)19/h5-8,10,17H,3-4,9,11-12H2,1-2H3/t17-/m1/s1. The lowest BCUT2D eigenvalue weighted by atomic mass is 10.1. The van der Waals surface area contributed by atoms with Crippen molar-refractivity contribution in [3.05, 3.63) is 58.4 Å². The highest BCUT2D eigenvalue weighted by atomic mass is 35.5. The van der Waals surface area contributed by atoms with E-state index in [0.29, 0.717) is 11.6 Å². The summed E-state index contributed by atoms with van der Waals surface area (Å²) in [5, 5.41) is 0.475. The first kappa shape index (κ1) is 17.3. The molecule has 0 spiro atoms. The van der Waals surface area contributed by atoms with Gasteiger partial charge < -0.3 is 4.90 Å². The molecule has 0 aliphatic carbocycles. The molecule has 3 rings (SSSR count). The van der Waals surface area contributed by atoms with E-state index in [9.17, 15) is 4.39 Å². The molecular formula is C18H22ClFN4. The molecule has 1 aliphatic rings. The van der Waals surface area contributed by atoms with Crippen molar-refractivity contribution in [1.29, 1.82) is 0 Å². The Morgan fingerprint density at radius 2 is 2.17 bits per heavy atom. The molecule has 0 N–H and O–H groups in total. The second-order valence-corrected chi connectivity index (χ2v) is 6.92. The van der Waals surface area contributed by atoms with E-state index in [4.69, 9.17) is 16.6 Å². The molecule has 0 unspecified atom stereocenters. The van der Waals surface area contributed by atoms with Crippen LogP contribution in [0.4, 0.5) is 4.39 Å². The van der Waals surface area contributed by atoms with E-state index in [2.05, 4.69) is 14.8 Å². The Hall–Kier alpha value is -1.56.